The Balaban J connectivity index is 2.38. The van der Waals surface area contributed by atoms with Crippen LogP contribution in [0.15, 0.2) is 42.6 Å². The summed E-state index contributed by atoms with van der Waals surface area (Å²) in [5.41, 5.74) is 0.0957. The van der Waals surface area contributed by atoms with E-state index in [4.69, 9.17) is 16.7 Å². The van der Waals surface area contributed by atoms with Gasteiger partial charge in [-0.05, 0) is 24.3 Å². The predicted molar refractivity (Wildman–Crippen MR) is 79.1 cm³/mol. The molecule has 1 heterocycles. The molecule has 0 aliphatic carbocycles. The molecular formula is C16H8ClF2NO2. The Kier molecular flexibility index (Phi) is 3.50. The molecule has 3 rings (SSSR count). The summed E-state index contributed by atoms with van der Waals surface area (Å²) in [5, 5.41) is 10.2. The number of rotatable bonds is 2. The molecule has 0 radical (unpaired) electrons. The summed E-state index contributed by atoms with van der Waals surface area (Å²) < 4.78 is 27.4. The van der Waals surface area contributed by atoms with E-state index in [1.165, 1.54) is 36.5 Å². The normalized spacial score (nSPS) is 10.9. The van der Waals surface area contributed by atoms with Crippen molar-refractivity contribution in [3.05, 3.63) is 64.8 Å². The van der Waals surface area contributed by atoms with Gasteiger partial charge in [0.05, 0.1) is 16.3 Å². The first-order chi connectivity index (χ1) is 10.5. The molecule has 0 aliphatic rings. The van der Waals surface area contributed by atoms with E-state index in [-0.39, 0.29) is 16.8 Å². The fourth-order valence-corrected chi connectivity index (χ4v) is 2.46. The Bertz CT molecular complexity index is 912. The van der Waals surface area contributed by atoms with Crippen LogP contribution in [0.3, 0.4) is 0 Å². The van der Waals surface area contributed by atoms with Gasteiger partial charge in [-0.15, -0.1) is 0 Å². The Labute approximate surface area is 128 Å². The average molecular weight is 320 g/mol. The number of pyridine rings is 1. The Hall–Kier alpha value is -2.53. The van der Waals surface area contributed by atoms with Crippen LogP contribution in [0.2, 0.25) is 5.02 Å². The number of carboxylic acids is 1. The van der Waals surface area contributed by atoms with Crippen molar-refractivity contribution in [2.75, 3.05) is 0 Å². The quantitative estimate of drug-likeness (QED) is 0.755. The molecule has 0 spiro atoms. The monoisotopic (exact) mass is 319 g/mol. The summed E-state index contributed by atoms with van der Waals surface area (Å²) in [4.78, 5) is 15.2. The minimum atomic E-state index is -1.13. The smallest absolute Gasteiger partial charge is 0.335 e. The number of fused-ring (bicyclic) bond motifs is 1. The zero-order chi connectivity index (χ0) is 15.9. The highest BCUT2D eigenvalue weighted by Crippen LogP contribution is 2.33. The minimum Gasteiger partial charge on any atom is -0.478 e. The SMILES string of the molecule is O=C(O)c1ccc2c(Cl)cnc(-c3cccc(F)c3F)c2c1. The molecule has 1 aromatic heterocycles. The molecule has 110 valence electrons. The lowest BCUT2D eigenvalue weighted by Crippen LogP contribution is -1.98. The third-order valence-corrected chi connectivity index (χ3v) is 3.59. The third-order valence-electron chi connectivity index (χ3n) is 3.29. The van der Waals surface area contributed by atoms with Crippen molar-refractivity contribution in [1.82, 2.24) is 4.98 Å². The zero-order valence-corrected chi connectivity index (χ0v) is 11.7. The van der Waals surface area contributed by atoms with Crippen LogP contribution in [0.5, 0.6) is 0 Å². The fourth-order valence-electron chi connectivity index (χ4n) is 2.24. The van der Waals surface area contributed by atoms with Crippen LogP contribution in [-0.4, -0.2) is 16.1 Å². The van der Waals surface area contributed by atoms with Gasteiger partial charge in [0.25, 0.3) is 0 Å². The second kappa shape index (κ2) is 5.35. The molecule has 0 unspecified atom stereocenters. The largest absolute Gasteiger partial charge is 0.478 e. The van der Waals surface area contributed by atoms with E-state index in [1.54, 1.807) is 0 Å². The van der Waals surface area contributed by atoms with Crippen molar-refractivity contribution in [3.8, 4) is 11.3 Å². The third kappa shape index (κ3) is 2.29. The summed E-state index contributed by atoms with van der Waals surface area (Å²) in [6.45, 7) is 0. The number of carboxylic acid groups (broad SMARTS) is 1. The number of aromatic nitrogens is 1. The average Bonchev–Trinajstić information content (AvgIpc) is 2.50. The van der Waals surface area contributed by atoms with Gasteiger partial charge in [-0.25, -0.2) is 13.6 Å². The molecule has 3 aromatic rings. The Morgan fingerprint density at radius 3 is 2.64 bits per heavy atom. The molecule has 0 aliphatic heterocycles. The van der Waals surface area contributed by atoms with Gasteiger partial charge in [0.2, 0.25) is 0 Å². The molecule has 3 nitrogen and oxygen atoms in total. The highest BCUT2D eigenvalue weighted by atomic mass is 35.5. The topological polar surface area (TPSA) is 50.2 Å². The molecule has 0 amide bonds. The minimum absolute atomic E-state index is 0.00891. The first-order valence-electron chi connectivity index (χ1n) is 6.25. The van der Waals surface area contributed by atoms with Gasteiger partial charge in [-0.3, -0.25) is 4.98 Å². The second-order valence-corrected chi connectivity index (χ2v) is 5.03. The highest BCUT2D eigenvalue weighted by molar-refractivity contribution is 6.35. The van der Waals surface area contributed by atoms with Crippen LogP contribution in [0.25, 0.3) is 22.0 Å². The van der Waals surface area contributed by atoms with Crippen LogP contribution in [-0.2, 0) is 0 Å². The van der Waals surface area contributed by atoms with Crippen molar-refractivity contribution in [2.24, 2.45) is 0 Å². The molecule has 0 bridgehead atoms. The van der Waals surface area contributed by atoms with Gasteiger partial charge in [-0.2, -0.15) is 0 Å². The lowest BCUT2D eigenvalue weighted by atomic mass is 10.0. The molecule has 0 atom stereocenters. The fraction of sp³-hybridized carbons (Fsp3) is 0. The second-order valence-electron chi connectivity index (χ2n) is 4.62. The van der Waals surface area contributed by atoms with Crippen molar-refractivity contribution in [2.45, 2.75) is 0 Å². The van der Waals surface area contributed by atoms with Gasteiger partial charge in [0.15, 0.2) is 11.6 Å². The van der Waals surface area contributed by atoms with Crippen LogP contribution in [0.4, 0.5) is 8.78 Å². The van der Waals surface area contributed by atoms with Gasteiger partial charge in [0.1, 0.15) is 0 Å². The maximum absolute atomic E-state index is 14.0. The van der Waals surface area contributed by atoms with Gasteiger partial charge in [-0.1, -0.05) is 23.7 Å². The van der Waals surface area contributed by atoms with Gasteiger partial charge in [0, 0.05) is 22.5 Å². The zero-order valence-electron chi connectivity index (χ0n) is 11.0. The first-order valence-corrected chi connectivity index (χ1v) is 6.63. The van der Waals surface area contributed by atoms with Crippen LogP contribution >= 0.6 is 11.6 Å². The van der Waals surface area contributed by atoms with Crippen molar-refractivity contribution < 1.29 is 18.7 Å². The molecular weight excluding hydrogens is 312 g/mol. The van der Waals surface area contributed by atoms with Crippen molar-refractivity contribution in [3.63, 3.8) is 0 Å². The molecule has 1 N–H and O–H groups in total. The molecule has 2 aromatic carbocycles. The van der Waals surface area contributed by atoms with E-state index < -0.39 is 17.6 Å². The highest BCUT2D eigenvalue weighted by Gasteiger charge is 2.16. The Morgan fingerprint density at radius 1 is 1.14 bits per heavy atom. The van der Waals surface area contributed by atoms with Crippen molar-refractivity contribution >= 4 is 28.3 Å². The maximum atomic E-state index is 14.0. The van der Waals surface area contributed by atoms with Crippen LogP contribution in [0.1, 0.15) is 10.4 Å². The van der Waals surface area contributed by atoms with Crippen LogP contribution in [0, 0.1) is 11.6 Å². The summed E-state index contributed by atoms with van der Waals surface area (Å²) in [5.74, 6) is -3.18. The summed E-state index contributed by atoms with van der Waals surface area (Å²) in [6.07, 6.45) is 1.32. The number of aromatic carboxylic acids is 1. The van der Waals surface area contributed by atoms with E-state index in [9.17, 15) is 13.6 Å². The van der Waals surface area contributed by atoms with E-state index in [0.29, 0.717) is 15.8 Å². The summed E-state index contributed by atoms with van der Waals surface area (Å²) in [6, 6.07) is 7.99. The standard InChI is InChI=1S/C16H8ClF2NO2/c17-12-7-20-15(10-2-1-3-13(18)14(10)19)11-6-8(16(21)22)4-5-9(11)12/h1-7H,(H,21,22). The summed E-state index contributed by atoms with van der Waals surface area (Å²) in [7, 11) is 0. The van der Waals surface area contributed by atoms with E-state index in [1.807, 2.05) is 0 Å². The number of hydrogen-bond donors (Lipinski definition) is 1. The predicted octanol–water partition coefficient (Wildman–Crippen LogP) is 4.53. The van der Waals surface area contributed by atoms with Crippen LogP contribution < -0.4 is 0 Å². The lowest BCUT2D eigenvalue weighted by Gasteiger charge is -2.09. The number of benzene rings is 2. The van der Waals surface area contributed by atoms with E-state index >= 15 is 0 Å². The van der Waals surface area contributed by atoms with E-state index in [0.717, 1.165) is 6.07 Å². The number of nitrogens with zero attached hydrogens (tertiary/aromatic N) is 1. The van der Waals surface area contributed by atoms with E-state index in [2.05, 4.69) is 4.98 Å². The molecule has 22 heavy (non-hydrogen) atoms. The number of halogens is 3. The van der Waals surface area contributed by atoms with Gasteiger partial charge < -0.3 is 5.11 Å². The first kappa shape index (κ1) is 14.4. The summed E-state index contributed by atoms with van der Waals surface area (Å²) >= 11 is 6.04. The number of hydrogen-bond acceptors (Lipinski definition) is 2. The molecule has 0 saturated carbocycles. The number of carbonyl (C=O) groups is 1. The Morgan fingerprint density at radius 2 is 1.91 bits per heavy atom. The van der Waals surface area contributed by atoms with Gasteiger partial charge >= 0.3 is 5.97 Å². The van der Waals surface area contributed by atoms with Crippen molar-refractivity contribution in [1.29, 1.82) is 0 Å². The molecule has 6 heteroatoms. The maximum Gasteiger partial charge on any atom is 0.335 e. The molecule has 0 fully saturated rings. The lowest BCUT2D eigenvalue weighted by molar-refractivity contribution is 0.0697. The molecule has 0 saturated heterocycles.